The van der Waals surface area contributed by atoms with Crippen molar-refractivity contribution in [1.29, 1.82) is 0 Å². The molecule has 2 heterocycles. The van der Waals surface area contributed by atoms with Crippen molar-refractivity contribution in [1.82, 2.24) is 0 Å². The van der Waals surface area contributed by atoms with Crippen LogP contribution in [0.5, 0.6) is 0 Å². The maximum absolute atomic E-state index is 12.7. The number of rotatable bonds is 6. The highest BCUT2D eigenvalue weighted by Gasteiger charge is 2.47. The number of carbonyl (C=O) groups excluding carboxylic acids is 2. The Morgan fingerprint density at radius 2 is 1.13 bits per heavy atom. The molecule has 2 fully saturated rings. The zero-order valence-electron chi connectivity index (χ0n) is 17.4. The summed E-state index contributed by atoms with van der Waals surface area (Å²) in [5.41, 5.74) is 0.870. The third-order valence-electron chi connectivity index (χ3n) is 6.18. The summed E-state index contributed by atoms with van der Waals surface area (Å²) in [7, 11) is 0. The van der Waals surface area contributed by atoms with Crippen LogP contribution >= 0.6 is 0 Å². The number of ketones is 2. The van der Waals surface area contributed by atoms with Gasteiger partial charge in [0.15, 0.2) is 17.4 Å². The summed E-state index contributed by atoms with van der Waals surface area (Å²) in [6, 6.07) is 17.3. The number of aliphatic hydroxyl groups is 2. The maximum atomic E-state index is 12.7. The topological polar surface area (TPSA) is 93.1 Å². The van der Waals surface area contributed by atoms with E-state index in [0.29, 0.717) is 36.8 Å². The zero-order chi connectivity index (χ0) is 21.8. The molecule has 2 aliphatic rings. The molecule has 6 nitrogen and oxygen atoms in total. The molecule has 164 valence electrons. The van der Waals surface area contributed by atoms with Gasteiger partial charge in [-0.1, -0.05) is 60.7 Å². The van der Waals surface area contributed by atoms with E-state index in [0.717, 1.165) is 12.8 Å². The second kappa shape index (κ2) is 9.40. The first kappa shape index (κ1) is 21.8. The van der Waals surface area contributed by atoms with E-state index in [2.05, 4.69) is 0 Å². The van der Waals surface area contributed by atoms with E-state index < -0.39 is 30.2 Å². The number of Topliss-reactive ketones (excluding diaryl/α,β-unsaturated/α-hetero) is 2. The lowest BCUT2D eigenvalue weighted by molar-refractivity contribution is -0.327. The second-order valence-corrected chi connectivity index (χ2v) is 8.36. The fourth-order valence-corrected chi connectivity index (χ4v) is 4.53. The van der Waals surface area contributed by atoms with E-state index in [4.69, 9.17) is 9.47 Å². The molecular weight excluding hydrogens is 396 g/mol. The minimum absolute atomic E-state index is 0.380. The molecule has 2 aromatic rings. The third kappa shape index (κ3) is 4.77. The highest BCUT2D eigenvalue weighted by atomic mass is 16.7. The van der Waals surface area contributed by atoms with Crippen LogP contribution < -0.4 is 0 Å². The summed E-state index contributed by atoms with van der Waals surface area (Å²) in [5.74, 6) is -1.76. The van der Waals surface area contributed by atoms with Crippen LogP contribution in [0.15, 0.2) is 60.7 Å². The molecule has 0 amide bonds. The molecule has 0 aromatic heterocycles. The third-order valence-corrected chi connectivity index (χ3v) is 6.18. The van der Waals surface area contributed by atoms with Crippen LogP contribution in [0.2, 0.25) is 0 Å². The predicted molar refractivity (Wildman–Crippen MR) is 114 cm³/mol. The molecular formula is C25H28O6. The van der Waals surface area contributed by atoms with E-state index in [1.807, 2.05) is 12.1 Å². The number of aliphatic hydroxyl groups excluding tert-OH is 2. The van der Waals surface area contributed by atoms with Crippen LogP contribution in [0, 0.1) is 0 Å². The lowest BCUT2D eigenvalue weighted by atomic mass is 9.88. The largest absolute Gasteiger partial charge is 0.382 e. The van der Waals surface area contributed by atoms with Crippen molar-refractivity contribution < 1.29 is 29.3 Å². The van der Waals surface area contributed by atoms with Gasteiger partial charge in [-0.25, -0.2) is 0 Å². The van der Waals surface area contributed by atoms with E-state index >= 15 is 0 Å². The molecule has 2 N–H and O–H groups in total. The van der Waals surface area contributed by atoms with Gasteiger partial charge in [-0.15, -0.1) is 0 Å². The zero-order valence-corrected chi connectivity index (χ0v) is 17.4. The molecule has 4 rings (SSSR count). The smallest absolute Gasteiger partial charge is 0.193 e. The average Bonchev–Trinajstić information content (AvgIpc) is 2.83. The highest BCUT2D eigenvalue weighted by Crippen LogP contribution is 2.41. The summed E-state index contributed by atoms with van der Waals surface area (Å²) >= 11 is 0. The van der Waals surface area contributed by atoms with E-state index in [1.165, 1.54) is 0 Å². The van der Waals surface area contributed by atoms with Gasteiger partial charge in [0.1, 0.15) is 12.2 Å². The molecule has 0 aliphatic carbocycles. The Bertz CT molecular complexity index is 821. The van der Waals surface area contributed by atoms with E-state index in [-0.39, 0.29) is 11.6 Å². The summed E-state index contributed by atoms with van der Waals surface area (Å²) < 4.78 is 12.3. The Morgan fingerprint density at radius 1 is 0.742 bits per heavy atom. The van der Waals surface area contributed by atoms with E-state index in [1.54, 1.807) is 48.5 Å². The van der Waals surface area contributed by atoms with Crippen LogP contribution in [0.4, 0.5) is 0 Å². The predicted octanol–water partition coefficient (Wildman–Crippen LogP) is 3.31. The van der Waals surface area contributed by atoms with Crippen LogP contribution in [0.1, 0.15) is 59.2 Å². The number of carbonyl (C=O) groups is 2. The minimum atomic E-state index is -1.29. The Hall–Kier alpha value is -2.38. The number of ether oxygens (including phenoxy) is 2. The SMILES string of the molecule is O=C(c1ccccc1)[C@H](O)C1CCCC2(CCCC([C@@H](O)C(=O)c3ccccc3)O2)O1. The van der Waals surface area contributed by atoms with Gasteiger partial charge in [-0.05, 0) is 25.7 Å². The van der Waals surface area contributed by atoms with Gasteiger partial charge in [0.25, 0.3) is 0 Å². The van der Waals surface area contributed by atoms with Gasteiger partial charge < -0.3 is 19.7 Å². The molecule has 2 aliphatic heterocycles. The molecule has 0 radical (unpaired) electrons. The monoisotopic (exact) mass is 424 g/mol. The fraction of sp³-hybridized carbons (Fsp3) is 0.440. The first-order chi connectivity index (χ1) is 15.0. The standard InChI is InChI=1S/C25H28O6/c26-21(17-9-3-1-4-10-17)23(28)19-13-7-15-25(30-19)16-8-14-20(31-25)24(29)22(27)18-11-5-2-6-12-18/h1-6,9-12,19-20,23-24,28-29H,7-8,13-16H2/t19?,20?,23-,24-,25?/m1/s1. The van der Waals surface area contributed by atoms with Gasteiger partial charge in [-0.2, -0.15) is 0 Å². The quantitative estimate of drug-likeness (QED) is 0.691. The number of hydrogen-bond donors (Lipinski definition) is 2. The summed E-state index contributed by atoms with van der Waals surface area (Å²) in [6.45, 7) is 0. The molecule has 0 saturated carbocycles. The molecule has 4 atom stereocenters. The van der Waals surface area contributed by atoms with Gasteiger partial charge in [0, 0.05) is 24.0 Å². The second-order valence-electron chi connectivity index (χ2n) is 8.36. The molecule has 2 unspecified atom stereocenters. The summed E-state index contributed by atoms with van der Waals surface area (Å²) in [6.07, 6.45) is -0.250. The normalized spacial score (nSPS) is 28.1. The lowest BCUT2D eigenvalue weighted by Gasteiger charge is -2.47. The Labute approximate surface area is 181 Å². The van der Waals surface area contributed by atoms with Gasteiger partial charge in [0.2, 0.25) is 0 Å². The van der Waals surface area contributed by atoms with Crippen molar-refractivity contribution >= 4 is 11.6 Å². The molecule has 6 heteroatoms. The average molecular weight is 424 g/mol. The van der Waals surface area contributed by atoms with Crippen LogP contribution in [-0.4, -0.2) is 52.0 Å². The molecule has 2 saturated heterocycles. The number of benzene rings is 2. The van der Waals surface area contributed by atoms with Crippen LogP contribution in [0.25, 0.3) is 0 Å². The molecule has 2 aromatic carbocycles. The number of hydrogen-bond acceptors (Lipinski definition) is 6. The van der Waals surface area contributed by atoms with Gasteiger partial charge in [-0.3, -0.25) is 9.59 Å². The van der Waals surface area contributed by atoms with Crippen molar-refractivity contribution in [2.45, 2.75) is 68.7 Å². The van der Waals surface area contributed by atoms with Gasteiger partial charge in [0.05, 0.1) is 12.2 Å². The fourth-order valence-electron chi connectivity index (χ4n) is 4.53. The van der Waals surface area contributed by atoms with Crippen molar-refractivity contribution in [3.05, 3.63) is 71.8 Å². The first-order valence-electron chi connectivity index (χ1n) is 10.9. The van der Waals surface area contributed by atoms with Gasteiger partial charge >= 0.3 is 0 Å². The minimum Gasteiger partial charge on any atom is -0.382 e. The molecule has 0 bridgehead atoms. The highest BCUT2D eigenvalue weighted by molar-refractivity contribution is 6.00. The van der Waals surface area contributed by atoms with Crippen LogP contribution in [0.3, 0.4) is 0 Å². The Kier molecular flexibility index (Phi) is 6.62. The molecule has 1 spiro atoms. The maximum Gasteiger partial charge on any atom is 0.193 e. The summed E-state index contributed by atoms with van der Waals surface area (Å²) in [4.78, 5) is 25.4. The summed E-state index contributed by atoms with van der Waals surface area (Å²) in [5, 5.41) is 21.4. The Morgan fingerprint density at radius 3 is 1.52 bits per heavy atom. The van der Waals surface area contributed by atoms with Crippen molar-refractivity contribution in [3.8, 4) is 0 Å². The lowest BCUT2D eigenvalue weighted by Crippen LogP contribution is -2.54. The van der Waals surface area contributed by atoms with Crippen molar-refractivity contribution in [3.63, 3.8) is 0 Å². The Balaban J connectivity index is 1.44. The van der Waals surface area contributed by atoms with E-state index in [9.17, 15) is 19.8 Å². The van der Waals surface area contributed by atoms with Crippen molar-refractivity contribution in [2.24, 2.45) is 0 Å². The molecule has 31 heavy (non-hydrogen) atoms. The first-order valence-corrected chi connectivity index (χ1v) is 10.9. The van der Waals surface area contributed by atoms with Crippen molar-refractivity contribution in [2.75, 3.05) is 0 Å². The van der Waals surface area contributed by atoms with Crippen LogP contribution in [-0.2, 0) is 9.47 Å².